The molecule has 5 heteroatoms. The van der Waals surface area contributed by atoms with E-state index in [2.05, 4.69) is 5.32 Å². The lowest BCUT2D eigenvalue weighted by atomic mass is 10.3. The number of carbonyl (C=O) groups is 1. The van der Waals surface area contributed by atoms with Crippen LogP contribution in [0.25, 0.3) is 0 Å². The Labute approximate surface area is 99.5 Å². The molecular formula is C11H14ClNO3. The molecular weight excluding hydrogens is 230 g/mol. The van der Waals surface area contributed by atoms with Crippen molar-refractivity contribution in [3.05, 3.63) is 30.3 Å². The SMILES string of the molecule is COC(OC)C(Cl)C(=O)Nc1ccccc1. The second-order valence-electron chi connectivity index (χ2n) is 3.10. The van der Waals surface area contributed by atoms with Gasteiger partial charge in [0.15, 0.2) is 11.7 Å². The number of benzene rings is 1. The van der Waals surface area contributed by atoms with Gasteiger partial charge in [0.05, 0.1) is 0 Å². The van der Waals surface area contributed by atoms with E-state index in [1.807, 2.05) is 18.2 Å². The highest BCUT2D eigenvalue weighted by Crippen LogP contribution is 2.12. The molecule has 1 aromatic carbocycles. The fourth-order valence-corrected chi connectivity index (χ4v) is 1.45. The molecule has 0 radical (unpaired) electrons. The number of ether oxygens (including phenoxy) is 2. The lowest BCUT2D eigenvalue weighted by molar-refractivity contribution is -0.133. The number of methoxy groups -OCH3 is 2. The van der Waals surface area contributed by atoms with Gasteiger partial charge in [-0.25, -0.2) is 0 Å². The van der Waals surface area contributed by atoms with E-state index < -0.39 is 11.7 Å². The van der Waals surface area contributed by atoms with E-state index in [-0.39, 0.29) is 5.91 Å². The molecule has 1 aromatic rings. The molecule has 16 heavy (non-hydrogen) atoms. The van der Waals surface area contributed by atoms with Crippen LogP contribution in [0.15, 0.2) is 30.3 Å². The van der Waals surface area contributed by atoms with Crippen LogP contribution >= 0.6 is 11.6 Å². The molecule has 0 aliphatic heterocycles. The van der Waals surface area contributed by atoms with Gasteiger partial charge in [-0.1, -0.05) is 18.2 Å². The van der Waals surface area contributed by atoms with E-state index in [4.69, 9.17) is 21.1 Å². The van der Waals surface area contributed by atoms with Crippen molar-refractivity contribution < 1.29 is 14.3 Å². The summed E-state index contributed by atoms with van der Waals surface area (Å²) in [6, 6.07) is 9.05. The van der Waals surface area contributed by atoms with E-state index in [0.29, 0.717) is 5.69 Å². The monoisotopic (exact) mass is 243 g/mol. The molecule has 0 bridgehead atoms. The minimum absolute atomic E-state index is 0.360. The topological polar surface area (TPSA) is 47.6 Å². The quantitative estimate of drug-likeness (QED) is 0.634. The summed E-state index contributed by atoms with van der Waals surface area (Å²) in [6.45, 7) is 0. The maximum absolute atomic E-state index is 11.7. The molecule has 1 unspecified atom stereocenters. The van der Waals surface area contributed by atoms with Crippen molar-refractivity contribution in [2.75, 3.05) is 19.5 Å². The van der Waals surface area contributed by atoms with Crippen molar-refractivity contribution in [2.45, 2.75) is 11.7 Å². The number of halogens is 1. The maximum atomic E-state index is 11.7. The second-order valence-corrected chi connectivity index (χ2v) is 3.57. The fraction of sp³-hybridized carbons (Fsp3) is 0.364. The summed E-state index contributed by atoms with van der Waals surface area (Å²) in [5, 5.41) is 1.77. The molecule has 4 nitrogen and oxygen atoms in total. The molecule has 1 N–H and O–H groups in total. The van der Waals surface area contributed by atoms with E-state index in [9.17, 15) is 4.79 Å². The first-order chi connectivity index (χ1) is 7.69. The van der Waals surface area contributed by atoms with Crippen LogP contribution in [0.3, 0.4) is 0 Å². The number of amides is 1. The largest absolute Gasteiger partial charge is 0.354 e. The van der Waals surface area contributed by atoms with Gasteiger partial charge in [0.1, 0.15) is 0 Å². The second kappa shape index (κ2) is 6.48. The zero-order valence-electron chi connectivity index (χ0n) is 9.14. The molecule has 0 spiro atoms. The third kappa shape index (κ3) is 3.48. The predicted molar refractivity (Wildman–Crippen MR) is 62.5 cm³/mol. The fourth-order valence-electron chi connectivity index (χ4n) is 1.19. The van der Waals surface area contributed by atoms with Gasteiger partial charge in [-0.2, -0.15) is 0 Å². The summed E-state index contributed by atoms with van der Waals surface area (Å²) in [6.07, 6.45) is -0.759. The van der Waals surface area contributed by atoms with E-state index in [0.717, 1.165) is 0 Å². The Kier molecular flexibility index (Phi) is 5.25. The summed E-state index contributed by atoms with van der Waals surface area (Å²) in [5.41, 5.74) is 0.684. The van der Waals surface area contributed by atoms with Crippen molar-refractivity contribution in [1.29, 1.82) is 0 Å². The zero-order valence-corrected chi connectivity index (χ0v) is 9.90. The third-order valence-electron chi connectivity index (χ3n) is 2.00. The Balaban J connectivity index is 2.58. The predicted octanol–water partition coefficient (Wildman–Crippen LogP) is 1.85. The zero-order chi connectivity index (χ0) is 12.0. The van der Waals surface area contributed by atoms with E-state index in [1.54, 1.807) is 12.1 Å². The molecule has 1 atom stereocenters. The Bertz CT molecular complexity index is 327. The minimum atomic E-state index is -0.893. The Morgan fingerprint density at radius 1 is 1.25 bits per heavy atom. The van der Waals surface area contributed by atoms with E-state index in [1.165, 1.54) is 14.2 Å². The molecule has 0 aliphatic carbocycles. The van der Waals surface area contributed by atoms with Crippen LogP contribution in [0, 0.1) is 0 Å². The summed E-state index contributed by atoms with van der Waals surface area (Å²) in [4.78, 5) is 11.7. The number of hydrogen-bond donors (Lipinski definition) is 1. The number of carbonyl (C=O) groups excluding carboxylic acids is 1. The van der Waals surface area contributed by atoms with Crippen LogP contribution in [0.1, 0.15) is 0 Å². The van der Waals surface area contributed by atoms with Crippen molar-refractivity contribution in [3.63, 3.8) is 0 Å². The Morgan fingerprint density at radius 2 is 1.81 bits per heavy atom. The molecule has 0 fully saturated rings. The van der Waals surface area contributed by atoms with Crippen LogP contribution in [0.5, 0.6) is 0 Å². The Hall–Kier alpha value is -1.10. The molecule has 1 rings (SSSR count). The lowest BCUT2D eigenvalue weighted by Gasteiger charge is -2.18. The number of anilines is 1. The number of nitrogens with one attached hydrogen (secondary N) is 1. The van der Waals surface area contributed by atoms with Gasteiger partial charge in [0, 0.05) is 19.9 Å². The molecule has 0 saturated carbocycles. The van der Waals surface area contributed by atoms with Gasteiger partial charge in [-0.05, 0) is 12.1 Å². The molecule has 1 amide bonds. The van der Waals surface area contributed by atoms with Crippen molar-refractivity contribution in [3.8, 4) is 0 Å². The van der Waals surface area contributed by atoms with E-state index >= 15 is 0 Å². The van der Waals surface area contributed by atoms with Gasteiger partial charge in [0.2, 0.25) is 5.91 Å². The maximum Gasteiger partial charge on any atom is 0.247 e. The first-order valence-electron chi connectivity index (χ1n) is 4.74. The Morgan fingerprint density at radius 3 is 2.31 bits per heavy atom. The highest BCUT2D eigenvalue weighted by Gasteiger charge is 2.25. The standard InChI is InChI=1S/C11H14ClNO3/c1-15-11(16-2)9(12)10(14)13-8-6-4-3-5-7-8/h3-7,9,11H,1-2H3,(H,13,14). The van der Waals surface area contributed by atoms with Crippen molar-refractivity contribution in [2.24, 2.45) is 0 Å². The van der Waals surface area contributed by atoms with Crippen LogP contribution in [0.2, 0.25) is 0 Å². The molecule has 0 saturated heterocycles. The van der Waals surface area contributed by atoms with Gasteiger partial charge in [-0.15, -0.1) is 11.6 Å². The highest BCUT2D eigenvalue weighted by molar-refractivity contribution is 6.32. The number of alkyl halides is 1. The van der Waals surface area contributed by atoms with Crippen LogP contribution in [-0.4, -0.2) is 31.8 Å². The van der Waals surface area contributed by atoms with Crippen LogP contribution in [-0.2, 0) is 14.3 Å². The average molecular weight is 244 g/mol. The summed E-state index contributed by atoms with van der Waals surface area (Å²) < 4.78 is 9.81. The first kappa shape index (κ1) is 13.0. The number of rotatable bonds is 5. The normalized spacial score (nSPS) is 12.5. The molecule has 0 aliphatic rings. The summed E-state index contributed by atoms with van der Waals surface area (Å²) in [5.74, 6) is -0.360. The van der Waals surface area contributed by atoms with Crippen molar-refractivity contribution in [1.82, 2.24) is 0 Å². The smallest absolute Gasteiger partial charge is 0.247 e. The van der Waals surface area contributed by atoms with Gasteiger partial charge in [-0.3, -0.25) is 4.79 Å². The lowest BCUT2D eigenvalue weighted by Crippen LogP contribution is -2.36. The van der Waals surface area contributed by atoms with Crippen LogP contribution < -0.4 is 5.32 Å². The summed E-state index contributed by atoms with van der Waals surface area (Å²) >= 11 is 5.89. The van der Waals surface area contributed by atoms with Crippen LogP contribution in [0.4, 0.5) is 5.69 Å². The minimum Gasteiger partial charge on any atom is -0.354 e. The number of para-hydroxylation sites is 1. The molecule has 0 aromatic heterocycles. The third-order valence-corrected chi connectivity index (χ3v) is 2.40. The molecule has 0 heterocycles. The molecule has 88 valence electrons. The first-order valence-corrected chi connectivity index (χ1v) is 5.18. The van der Waals surface area contributed by atoms with Crippen molar-refractivity contribution >= 4 is 23.2 Å². The number of hydrogen-bond acceptors (Lipinski definition) is 3. The highest BCUT2D eigenvalue weighted by atomic mass is 35.5. The average Bonchev–Trinajstić information content (AvgIpc) is 2.31. The van der Waals surface area contributed by atoms with Gasteiger partial charge < -0.3 is 14.8 Å². The van der Waals surface area contributed by atoms with Gasteiger partial charge in [0.25, 0.3) is 0 Å². The summed E-state index contributed by atoms with van der Waals surface area (Å²) in [7, 11) is 2.86. The van der Waals surface area contributed by atoms with Gasteiger partial charge >= 0.3 is 0 Å².